The van der Waals surface area contributed by atoms with Crippen LogP contribution in [0.15, 0.2) is 36.4 Å². The zero-order valence-electron chi connectivity index (χ0n) is 17.6. The largest absolute Gasteiger partial charge is 0.490 e. The van der Waals surface area contributed by atoms with Gasteiger partial charge >= 0.3 is 22.1 Å². The molecule has 2 aromatic carbocycles. The standard InChI is InChI=1S/C21H28N2O9/c1-3-13(24)19(26)21(28)20(27)14(25)10-32-16-9-5-7-12-18(16)23(30)11-6-4-8-15(31-2)17(11)22(12)29/h4-9,13-14,19-21,24-30H,3,10H2,1-2H3/q+2. The van der Waals surface area contributed by atoms with Crippen molar-refractivity contribution in [2.75, 3.05) is 13.7 Å². The number of benzene rings is 2. The molecular weight excluding hydrogens is 424 g/mol. The van der Waals surface area contributed by atoms with Crippen LogP contribution < -0.4 is 18.9 Å². The monoisotopic (exact) mass is 452 g/mol. The van der Waals surface area contributed by atoms with Crippen LogP contribution in [0.5, 0.6) is 11.5 Å². The van der Waals surface area contributed by atoms with Gasteiger partial charge in [0, 0.05) is 21.6 Å². The first-order chi connectivity index (χ1) is 15.2. The fourth-order valence-corrected chi connectivity index (χ4v) is 3.48. The van der Waals surface area contributed by atoms with E-state index in [0.717, 1.165) is 9.46 Å². The van der Waals surface area contributed by atoms with Crippen LogP contribution in [-0.4, -0.2) is 80.2 Å². The lowest BCUT2D eigenvalue weighted by Crippen LogP contribution is -2.50. The molecule has 0 bridgehead atoms. The number of fused-ring (bicyclic) bond motifs is 2. The van der Waals surface area contributed by atoms with E-state index in [0.29, 0.717) is 5.75 Å². The molecule has 0 radical (unpaired) electrons. The Hall–Kier alpha value is -2.96. The van der Waals surface area contributed by atoms with E-state index in [4.69, 9.17) is 9.47 Å². The van der Waals surface area contributed by atoms with Crippen LogP contribution in [-0.2, 0) is 0 Å². The Labute approximate surface area is 183 Å². The smallest absolute Gasteiger partial charge is 0.375 e. The molecule has 0 amide bonds. The van der Waals surface area contributed by atoms with Crippen LogP contribution >= 0.6 is 0 Å². The summed E-state index contributed by atoms with van der Waals surface area (Å²) < 4.78 is 12.4. The van der Waals surface area contributed by atoms with Crippen LogP contribution in [0, 0.1) is 0 Å². The van der Waals surface area contributed by atoms with Gasteiger partial charge in [0.25, 0.3) is 0 Å². The van der Waals surface area contributed by atoms with Crippen LogP contribution in [0.2, 0.25) is 0 Å². The number of rotatable bonds is 9. The molecule has 11 nitrogen and oxygen atoms in total. The second-order valence-electron chi connectivity index (χ2n) is 7.40. The summed E-state index contributed by atoms with van der Waals surface area (Å²) in [4.78, 5) is 0. The minimum Gasteiger partial charge on any atom is -0.490 e. The third-order valence-electron chi connectivity index (χ3n) is 5.37. The van der Waals surface area contributed by atoms with Gasteiger partial charge in [-0.25, -0.2) is 0 Å². The molecule has 7 N–H and O–H groups in total. The number of aromatic nitrogens is 2. The molecule has 1 aromatic heterocycles. The molecule has 0 aliphatic carbocycles. The quantitative estimate of drug-likeness (QED) is 0.118. The van der Waals surface area contributed by atoms with Crippen molar-refractivity contribution < 1.29 is 54.9 Å². The van der Waals surface area contributed by atoms with E-state index in [-0.39, 0.29) is 34.2 Å². The molecule has 0 spiro atoms. The molecule has 0 fully saturated rings. The number of hydrogen-bond donors (Lipinski definition) is 7. The lowest BCUT2D eigenvalue weighted by Gasteiger charge is -2.28. The van der Waals surface area contributed by atoms with Gasteiger partial charge in [-0.3, -0.25) is 10.4 Å². The van der Waals surface area contributed by atoms with Crippen LogP contribution in [0.4, 0.5) is 0 Å². The number of nitrogens with zero attached hydrogens (tertiary/aromatic N) is 2. The fourth-order valence-electron chi connectivity index (χ4n) is 3.48. The highest BCUT2D eigenvalue weighted by atomic mass is 16.5. The van der Waals surface area contributed by atoms with Crippen molar-refractivity contribution in [3.8, 4) is 11.5 Å². The first kappa shape index (κ1) is 23.7. The average Bonchev–Trinajstić information content (AvgIpc) is 2.82. The first-order valence-corrected chi connectivity index (χ1v) is 10.0. The highest BCUT2D eigenvalue weighted by molar-refractivity contribution is 5.82. The van der Waals surface area contributed by atoms with Gasteiger partial charge in [-0.1, -0.05) is 19.1 Å². The highest BCUT2D eigenvalue weighted by Gasteiger charge is 2.36. The number of ether oxygens (including phenoxy) is 2. The average molecular weight is 452 g/mol. The maximum atomic E-state index is 10.8. The minimum absolute atomic E-state index is 0.0624. The molecule has 5 unspecified atom stereocenters. The number of methoxy groups -OCH3 is 1. The number of hydrogen-bond acceptors (Lipinski definition) is 9. The van der Waals surface area contributed by atoms with Crippen molar-refractivity contribution in [3.05, 3.63) is 36.4 Å². The summed E-state index contributed by atoms with van der Waals surface area (Å²) in [6.07, 6.45) is -8.04. The van der Waals surface area contributed by atoms with Gasteiger partial charge in [-0.2, -0.15) is 0 Å². The van der Waals surface area contributed by atoms with E-state index in [1.807, 2.05) is 0 Å². The topological polar surface area (TPSA) is 168 Å². The maximum Gasteiger partial charge on any atom is 0.375 e. The Morgan fingerprint density at radius 2 is 1.25 bits per heavy atom. The van der Waals surface area contributed by atoms with Gasteiger partial charge in [-0.15, -0.1) is 0 Å². The summed E-state index contributed by atoms with van der Waals surface area (Å²) in [6.45, 7) is 1.07. The molecule has 0 saturated carbocycles. The first-order valence-electron chi connectivity index (χ1n) is 10.0. The van der Waals surface area contributed by atoms with Gasteiger partial charge in [0.15, 0.2) is 0 Å². The van der Waals surface area contributed by atoms with Crippen molar-refractivity contribution in [1.82, 2.24) is 0 Å². The van der Waals surface area contributed by atoms with Crippen molar-refractivity contribution >= 4 is 22.1 Å². The van der Waals surface area contributed by atoms with Gasteiger partial charge in [-0.05, 0) is 18.6 Å². The van der Waals surface area contributed by atoms with Gasteiger partial charge in [0.05, 0.1) is 13.2 Å². The Morgan fingerprint density at radius 1 is 0.750 bits per heavy atom. The van der Waals surface area contributed by atoms with Crippen LogP contribution in [0.3, 0.4) is 0 Å². The highest BCUT2D eigenvalue weighted by Crippen LogP contribution is 2.26. The Bertz CT molecular complexity index is 1090. The summed E-state index contributed by atoms with van der Waals surface area (Å²) in [6, 6.07) is 9.35. The van der Waals surface area contributed by atoms with E-state index in [1.54, 1.807) is 31.2 Å². The number of aliphatic hydroxyl groups is 5. The molecular formula is C21H28N2O9+2. The predicted octanol–water partition coefficient (Wildman–Crippen LogP) is -1.36. The maximum absolute atomic E-state index is 10.8. The third kappa shape index (κ3) is 4.20. The molecule has 3 aromatic rings. The summed E-state index contributed by atoms with van der Waals surface area (Å²) in [5.41, 5.74) is 0.658. The van der Waals surface area contributed by atoms with E-state index in [9.17, 15) is 35.9 Å². The Balaban J connectivity index is 1.92. The molecule has 5 atom stereocenters. The fraction of sp³-hybridized carbons (Fsp3) is 0.429. The van der Waals surface area contributed by atoms with E-state index < -0.39 is 37.1 Å². The molecule has 11 heteroatoms. The second-order valence-corrected chi connectivity index (χ2v) is 7.40. The van der Waals surface area contributed by atoms with Crippen LogP contribution in [0.1, 0.15) is 13.3 Å². The van der Waals surface area contributed by atoms with Gasteiger partial charge in [0.2, 0.25) is 11.5 Å². The zero-order valence-corrected chi connectivity index (χ0v) is 17.6. The van der Waals surface area contributed by atoms with Gasteiger partial charge in [0.1, 0.15) is 31.0 Å². The number of para-hydroxylation sites is 2. The summed E-state index contributed by atoms with van der Waals surface area (Å²) >= 11 is 0. The molecule has 3 rings (SSSR count). The lowest BCUT2D eigenvalue weighted by molar-refractivity contribution is -0.894. The van der Waals surface area contributed by atoms with E-state index >= 15 is 0 Å². The minimum atomic E-state index is -1.81. The summed E-state index contributed by atoms with van der Waals surface area (Å²) in [5, 5.41) is 71.4. The SMILES string of the molecule is CCC(O)C(O)C(O)C(O)C(O)COc1cccc2c1[n+](O)c1cccc(OC)c1[n+]2O. The predicted molar refractivity (Wildman–Crippen MR) is 109 cm³/mol. The zero-order chi connectivity index (χ0) is 23.6. The second kappa shape index (κ2) is 9.67. The molecule has 0 aliphatic rings. The molecule has 174 valence electrons. The number of aliphatic hydroxyl groups excluding tert-OH is 5. The molecule has 1 heterocycles. The van der Waals surface area contributed by atoms with E-state index in [2.05, 4.69) is 0 Å². The van der Waals surface area contributed by atoms with Crippen LogP contribution in [0.25, 0.3) is 22.1 Å². The molecule has 32 heavy (non-hydrogen) atoms. The Morgan fingerprint density at radius 3 is 1.78 bits per heavy atom. The van der Waals surface area contributed by atoms with Crippen molar-refractivity contribution in [1.29, 1.82) is 0 Å². The summed E-state index contributed by atoms with van der Waals surface area (Å²) in [7, 11) is 1.43. The van der Waals surface area contributed by atoms with E-state index in [1.165, 1.54) is 19.2 Å². The lowest BCUT2D eigenvalue weighted by atomic mass is 9.98. The molecule has 0 aliphatic heterocycles. The normalized spacial score (nSPS) is 16.5. The summed E-state index contributed by atoms with van der Waals surface area (Å²) in [5.74, 6) is 0.383. The Kier molecular flexibility index (Phi) is 7.16. The van der Waals surface area contributed by atoms with Gasteiger partial charge < -0.3 is 35.0 Å². The van der Waals surface area contributed by atoms with Crippen molar-refractivity contribution in [2.45, 2.75) is 43.9 Å². The van der Waals surface area contributed by atoms with Crippen molar-refractivity contribution in [2.24, 2.45) is 0 Å². The third-order valence-corrected chi connectivity index (χ3v) is 5.37. The molecule has 0 saturated heterocycles. The van der Waals surface area contributed by atoms with Crippen molar-refractivity contribution in [3.63, 3.8) is 0 Å².